The number of rotatable bonds is 8. The first-order valence-corrected chi connectivity index (χ1v) is 7.97. The fourth-order valence-electron chi connectivity index (χ4n) is 2.41. The summed E-state index contributed by atoms with van der Waals surface area (Å²) < 4.78 is 5.69. The lowest BCUT2D eigenvalue weighted by Crippen LogP contribution is -2.30. The van der Waals surface area contributed by atoms with Crippen molar-refractivity contribution in [3.05, 3.63) is 36.2 Å². The lowest BCUT2D eigenvalue weighted by Gasteiger charge is -2.20. The van der Waals surface area contributed by atoms with E-state index in [-0.39, 0.29) is 12.0 Å². The van der Waals surface area contributed by atoms with E-state index < -0.39 is 0 Å². The Morgan fingerprint density at radius 1 is 1.39 bits per heavy atom. The number of carbonyl (C=O) groups is 1. The van der Waals surface area contributed by atoms with Gasteiger partial charge in [0.2, 0.25) is 0 Å². The number of hydrogen-bond donors (Lipinski definition) is 2. The zero-order chi connectivity index (χ0) is 16.7. The minimum Gasteiger partial charge on any atom is -0.378 e. The zero-order valence-electron chi connectivity index (χ0n) is 13.9. The lowest BCUT2D eigenvalue weighted by molar-refractivity contribution is 0.0251. The number of benzene rings is 1. The van der Waals surface area contributed by atoms with Crippen molar-refractivity contribution in [2.24, 2.45) is 5.92 Å². The number of hydrogen-bond acceptors (Lipinski definition) is 4. The first-order valence-electron chi connectivity index (χ1n) is 7.97. The van der Waals surface area contributed by atoms with E-state index in [1.807, 2.05) is 19.1 Å². The Balaban J connectivity index is 1.92. The molecule has 1 aromatic carbocycles. The molecule has 23 heavy (non-hydrogen) atoms. The van der Waals surface area contributed by atoms with E-state index in [2.05, 4.69) is 34.3 Å². The van der Waals surface area contributed by atoms with E-state index in [0.717, 1.165) is 12.0 Å². The predicted octanol–water partition coefficient (Wildman–Crippen LogP) is 2.65. The van der Waals surface area contributed by atoms with Gasteiger partial charge in [-0.2, -0.15) is 5.10 Å². The Hall–Kier alpha value is -2.21. The van der Waals surface area contributed by atoms with Crippen LogP contribution in [-0.4, -0.2) is 40.3 Å². The Morgan fingerprint density at radius 2 is 2.22 bits per heavy atom. The van der Waals surface area contributed by atoms with E-state index in [4.69, 9.17) is 4.74 Å². The van der Waals surface area contributed by atoms with Gasteiger partial charge in [-0.1, -0.05) is 26.0 Å². The molecule has 0 spiro atoms. The molecule has 1 aromatic heterocycles. The predicted molar refractivity (Wildman–Crippen MR) is 89.0 cm³/mol. The van der Waals surface area contributed by atoms with Gasteiger partial charge in [0.05, 0.1) is 6.10 Å². The smallest absolute Gasteiger partial charge is 0.251 e. The van der Waals surface area contributed by atoms with Crippen LogP contribution < -0.4 is 5.32 Å². The van der Waals surface area contributed by atoms with Crippen molar-refractivity contribution in [2.75, 3.05) is 13.2 Å². The molecule has 0 fully saturated rings. The Bertz CT molecular complexity index is 611. The molecule has 2 aromatic rings. The number of H-pyrrole nitrogens is 1. The van der Waals surface area contributed by atoms with Crippen LogP contribution in [-0.2, 0) is 4.74 Å². The normalized spacial score (nSPS) is 12.3. The van der Waals surface area contributed by atoms with Gasteiger partial charge >= 0.3 is 0 Å². The molecule has 0 unspecified atom stereocenters. The van der Waals surface area contributed by atoms with Crippen molar-refractivity contribution < 1.29 is 9.53 Å². The van der Waals surface area contributed by atoms with Gasteiger partial charge < -0.3 is 10.1 Å². The number of nitrogens with one attached hydrogen (secondary N) is 2. The van der Waals surface area contributed by atoms with Crippen LogP contribution in [0.25, 0.3) is 11.4 Å². The molecule has 6 nitrogen and oxygen atoms in total. The Labute approximate surface area is 136 Å². The second-order valence-electron chi connectivity index (χ2n) is 5.70. The molecular formula is C17H24N4O2. The molecule has 2 N–H and O–H groups in total. The maximum absolute atomic E-state index is 12.3. The molecule has 1 heterocycles. The van der Waals surface area contributed by atoms with Crippen LogP contribution >= 0.6 is 0 Å². The van der Waals surface area contributed by atoms with E-state index in [0.29, 0.717) is 30.5 Å². The van der Waals surface area contributed by atoms with Crippen LogP contribution in [0.2, 0.25) is 0 Å². The van der Waals surface area contributed by atoms with Gasteiger partial charge in [0.25, 0.3) is 5.91 Å². The van der Waals surface area contributed by atoms with Crippen LogP contribution in [0.4, 0.5) is 0 Å². The highest BCUT2D eigenvalue weighted by Gasteiger charge is 2.14. The average molecular weight is 316 g/mol. The summed E-state index contributed by atoms with van der Waals surface area (Å²) in [5.41, 5.74) is 1.45. The maximum atomic E-state index is 12.3. The third kappa shape index (κ3) is 4.89. The van der Waals surface area contributed by atoms with Crippen LogP contribution in [0.5, 0.6) is 0 Å². The van der Waals surface area contributed by atoms with Crippen LogP contribution in [0.1, 0.15) is 37.6 Å². The summed E-state index contributed by atoms with van der Waals surface area (Å²) in [6.07, 6.45) is 2.42. The molecule has 6 heteroatoms. The van der Waals surface area contributed by atoms with E-state index >= 15 is 0 Å². The second kappa shape index (κ2) is 8.43. The van der Waals surface area contributed by atoms with Gasteiger partial charge in [-0.3, -0.25) is 9.89 Å². The zero-order valence-corrected chi connectivity index (χ0v) is 13.9. The van der Waals surface area contributed by atoms with Crippen molar-refractivity contribution in [1.29, 1.82) is 0 Å². The third-order valence-corrected chi connectivity index (χ3v) is 3.65. The monoisotopic (exact) mass is 316 g/mol. The standard InChI is InChI=1S/C17H24N4O2/c1-4-23-15(12(2)3)8-9-18-17(22)14-7-5-6-13(10-14)16-19-11-20-21-16/h5-7,10-12,15H,4,8-9H2,1-3H3,(H,18,22)(H,19,20,21)/t15-/m0/s1. The summed E-state index contributed by atoms with van der Waals surface area (Å²) in [4.78, 5) is 16.4. The van der Waals surface area contributed by atoms with Crippen molar-refractivity contribution in [3.63, 3.8) is 0 Å². The maximum Gasteiger partial charge on any atom is 0.251 e. The summed E-state index contributed by atoms with van der Waals surface area (Å²) in [5.74, 6) is 0.989. The summed E-state index contributed by atoms with van der Waals surface area (Å²) in [7, 11) is 0. The van der Waals surface area contributed by atoms with E-state index in [1.165, 1.54) is 6.33 Å². The van der Waals surface area contributed by atoms with E-state index in [1.54, 1.807) is 12.1 Å². The van der Waals surface area contributed by atoms with Gasteiger partial charge in [0, 0.05) is 24.3 Å². The van der Waals surface area contributed by atoms with Crippen LogP contribution in [0.15, 0.2) is 30.6 Å². The minimum atomic E-state index is -0.0923. The first kappa shape index (κ1) is 17.1. The molecule has 0 aliphatic heterocycles. The van der Waals surface area contributed by atoms with Gasteiger partial charge in [0.1, 0.15) is 6.33 Å². The number of ether oxygens (including phenoxy) is 1. The molecule has 124 valence electrons. The molecule has 0 radical (unpaired) electrons. The number of carbonyl (C=O) groups excluding carboxylic acids is 1. The summed E-state index contributed by atoms with van der Waals surface area (Å²) >= 11 is 0. The highest BCUT2D eigenvalue weighted by Crippen LogP contribution is 2.15. The van der Waals surface area contributed by atoms with E-state index in [9.17, 15) is 4.79 Å². The molecule has 2 rings (SSSR count). The summed E-state index contributed by atoms with van der Waals surface area (Å²) in [6.45, 7) is 7.53. The van der Waals surface area contributed by atoms with Crippen molar-refractivity contribution in [3.8, 4) is 11.4 Å². The summed E-state index contributed by atoms with van der Waals surface area (Å²) in [6, 6.07) is 7.32. The van der Waals surface area contributed by atoms with Gasteiger partial charge in [-0.25, -0.2) is 4.98 Å². The van der Waals surface area contributed by atoms with Gasteiger partial charge in [0.15, 0.2) is 5.82 Å². The molecule has 0 bridgehead atoms. The second-order valence-corrected chi connectivity index (χ2v) is 5.70. The van der Waals surface area contributed by atoms with Crippen LogP contribution in [0, 0.1) is 5.92 Å². The van der Waals surface area contributed by atoms with Crippen LogP contribution in [0.3, 0.4) is 0 Å². The largest absolute Gasteiger partial charge is 0.378 e. The molecular weight excluding hydrogens is 292 g/mol. The van der Waals surface area contributed by atoms with Gasteiger partial charge in [-0.15, -0.1) is 0 Å². The van der Waals surface area contributed by atoms with Crippen molar-refractivity contribution >= 4 is 5.91 Å². The molecule has 0 saturated heterocycles. The number of aromatic amines is 1. The molecule has 0 saturated carbocycles. The Kier molecular flexibility index (Phi) is 6.29. The number of nitrogens with zero attached hydrogens (tertiary/aromatic N) is 2. The first-order chi connectivity index (χ1) is 11.1. The number of aromatic nitrogens is 3. The quantitative estimate of drug-likeness (QED) is 0.784. The average Bonchev–Trinajstić information content (AvgIpc) is 3.08. The van der Waals surface area contributed by atoms with Gasteiger partial charge in [-0.05, 0) is 31.4 Å². The highest BCUT2D eigenvalue weighted by molar-refractivity contribution is 5.95. The minimum absolute atomic E-state index is 0.0923. The Morgan fingerprint density at radius 3 is 2.87 bits per heavy atom. The highest BCUT2D eigenvalue weighted by atomic mass is 16.5. The van der Waals surface area contributed by atoms with Crippen molar-refractivity contribution in [2.45, 2.75) is 33.3 Å². The molecule has 1 atom stereocenters. The SMILES string of the molecule is CCO[C@@H](CCNC(=O)c1cccc(-c2ncn[nH]2)c1)C(C)C. The lowest BCUT2D eigenvalue weighted by atomic mass is 10.0. The fourth-order valence-corrected chi connectivity index (χ4v) is 2.41. The number of amides is 1. The third-order valence-electron chi connectivity index (χ3n) is 3.65. The molecule has 1 amide bonds. The topological polar surface area (TPSA) is 79.9 Å². The fraction of sp³-hybridized carbons (Fsp3) is 0.471. The molecule has 0 aliphatic carbocycles. The van der Waals surface area contributed by atoms with Crippen molar-refractivity contribution in [1.82, 2.24) is 20.5 Å². The molecule has 0 aliphatic rings. The summed E-state index contributed by atoms with van der Waals surface area (Å²) in [5, 5.41) is 9.57.